The van der Waals surface area contributed by atoms with Crippen LogP contribution in [0.25, 0.3) is 11.1 Å². The lowest BCUT2D eigenvalue weighted by atomic mass is 10.1. The maximum atomic E-state index is 8.60. The Hall–Kier alpha value is -2.02. The Morgan fingerprint density at radius 1 is 1.57 bits per heavy atom. The van der Waals surface area contributed by atoms with Crippen LogP contribution in [0.5, 0.6) is 6.08 Å². The van der Waals surface area contributed by atoms with Gasteiger partial charge < -0.3 is 9.15 Å². The van der Waals surface area contributed by atoms with Crippen LogP contribution in [-0.4, -0.2) is 12.1 Å². The molecule has 0 spiro atoms. The molecule has 0 radical (unpaired) electrons. The summed E-state index contributed by atoms with van der Waals surface area (Å²) in [6, 6.07) is 7.57. The summed E-state index contributed by atoms with van der Waals surface area (Å²) in [6.07, 6.45) is 0.554. The minimum absolute atomic E-state index is 0.227. The Morgan fingerprint density at radius 3 is 3.14 bits per heavy atom. The summed E-state index contributed by atoms with van der Waals surface area (Å²) >= 11 is 0. The standard InChI is InChI=1S/C10H8N2O2/c1-13-10-12-9-7(5-6-11)3-2-4-8(9)14-10/h2-4H,5H2,1H3. The van der Waals surface area contributed by atoms with Gasteiger partial charge in [0.15, 0.2) is 5.58 Å². The molecule has 4 nitrogen and oxygen atoms in total. The first-order valence-electron chi connectivity index (χ1n) is 4.14. The Morgan fingerprint density at radius 2 is 2.43 bits per heavy atom. The molecular weight excluding hydrogens is 180 g/mol. The number of hydrogen-bond acceptors (Lipinski definition) is 4. The molecule has 0 saturated heterocycles. The third-order valence-corrected chi connectivity index (χ3v) is 1.93. The molecule has 1 heterocycles. The summed E-state index contributed by atoms with van der Waals surface area (Å²) in [7, 11) is 1.49. The van der Waals surface area contributed by atoms with Gasteiger partial charge in [-0.2, -0.15) is 10.2 Å². The van der Waals surface area contributed by atoms with Gasteiger partial charge in [0.2, 0.25) is 0 Å². The van der Waals surface area contributed by atoms with Crippen molar-refractivity contribution >= 4 is 11.1 Å². The summed E-state index contributed by atoms with van der Waals surface area (Å²) in [5.41, 5.74) is 2.21. The van der Waals surface area contributed by atoms with Crippen molar-refractivity contribution in [2.24, 2.45) is 0 Å². The second kappa shape index (κ2) is 3.38. The molecular formula is C10H8N2O2. The molecule has 0 saturated carbocycles. The number of para-hydroxylation sites is 1. The number of fused-ring (bicyclic) bond motifs is 1. The number of aromatic nitrogens is 1. The Balaban J connectivity index is 2.62. The number of nitriles is 1. The van der Waals surface area contributed by atoms with Gasteiger partial charge in [-0.05, 0) is 11.6 Å². The summed E-state index contributed by atoms with van der Waals surface area (Å²) in [6.45, 7) is 0. The maximum Gasteiger partial charge on any atom is 0.394 e. The molecule has 0 atom stereocenters. The van der Waals surface area contributed by atoms with Crippen LogP contribution in [0.1, 0.15) is 5.56 Å². The quantitative estimate of drug-likeness (QED) is 0.722. The fraction of sp³-hybridized carbons (Fsp3) is 0.200. The Labute approximate surface area is 80.7 Å². The van der Waals surface area contributed by atoms with E-state index in [1.54, 1.807) is 6.07 Å². The summed E-state index contributed by atoms with van der Waals surface area (Å²) < 4.78 is 10.1. The molecule has 70 valence electrons. The van der Waals surface area contributed by atoms with Crippen LogP contribution in [-0.2, 0) is 6.42 Å². The zero-order valence-corrected chi connectivity index (χ0v) is 7.65. The molecule has 0 aliphatic carbocycles. The number of oxazole rings is 1. The highest BCUT2D eigenvalue weighted by molar-refractivity contribution is 5.77. The monoisotopic (exact) mass is 188 g/mol. The molecule has 0 aliphatic heterocycles. The minimum Gasteiger partial charge on any atom is -0.453 e. The van der Waals surface area contributed by atoms with Crippen LogP contribution in [0.4, 0.5) is 0 Å². The van der Waals surface area contributed by atoms with E-state index in [1.165, 1.54) is 7.11 Å². The molecule has 1 aromatic carbocycles. The third kappa shape index (κ3) is 1.29. The van der Waals surface area contributed by atoms with E-state index < -0.39 is 0 Å². The van der Waals surface area contributed by atoms with Crippen molar-refractivity contribution in [1.29, 1.82) is 5.26 Å². The molecule has 14 heavy (non-hydrogen) atoms. The van der Waals surface area contributed by atoms with Crippen LogP contribution in [0.2, 0.25) is 0 Å². The largest absolute Gasteiger partial charge is 0.453 e. The Kier molecular flexibility index (Phi) is 2.07. The van der Waals surface area contributed by atoms with Crippen LogP contribution in [0.3, 0.4) is 0 Å². The first-order valence-corrected chi connectivity index (χ1v) is 4.14. The highest BCUT2D eigenvalue weighted by Gasteiger charge is 2.08. The highest BCUT2D eigenvalue weighted by atomic mass is 16.6. The van der Waals surface area contributed by atoms with E-state index in [9.17, 15) is 0 Å². The minimum atomic E-state index is 0.227. The van der Waals surface area contributed by atoms with Gasteiger partial charge >= 0.3 is 6.08 Å². The average Bonchev–Trinajstić information content (AvgIpc) is 2.62. The van der Waals surface area contributed by atoms with E-state index in [0.29, 0.717) is 17.5 Å². The lowest BCUT2D eigenvalue weighted by Gasteiger charge is -1.92. The van der Waals surface area contributed by atoms with Crippen LogP contribution in [0.15, 0.2) is 22.6 Å². The molecule has 0 fully saturated rings. The maximum absolute atomic E-state index is 8.60. The van der Waals surface area contributed by atoms with E-state index in [-0.39, 0.29) is 6.08 Å². The van der Waals surface area contributed by atoms with Crippen molar-refractivity contribution in [3.8, 4) is 12.1 Å². The first kappa shape index (κ1) is 8.57. The van der Waals surface area contributed by atoms with Gasteiger partial charge in [0.25, 0.3) is 0 Å². The van der Waals surface area contributed by atoms with Crippen LogP contribution >= 0.6 is 0 Å². The summed E-state index contributed by atoms with van der Waals surface area (Å²) in [4.78, 5) is 4.11. The number of methoxy groups -OCH3 is 1. The van der Waals surface area contributed by atoms with E-state index >= 15 is 0 Å². The fourth-order valence-electron chi connectivity index (χ4n) is 1.30. The normalized spacial score (nSPS) is 10.0. The lowest BCUT2D eigenvalue weighted by Crippen LogP contribution is -1.84. The zero-order chi connectivity index (χ0) is 9.97. The number of nitrogens with zero attached hydrogens (tertiary/aromatic N) is 2. The van der Waals surface area contributed by atoms with Gasteiger partial charge in [-0.1, -0.05) is 12.1 Å². The lowest BCUT2D eigenvalue weighted by molar-refractivity contribution is 0.299. The molecule has 0 N–H and O–H groups in total. The topological polar surface area (TPSA) is 59.0 Å². The van der Waals surface area contributed by atoms with E-state index in [4.69, 9.17) is 14.4 Å². The number of hydrogen-bond donors (Lipinski definition) is 0. The second-order valence-electron chi connectivity index (χ2n) is 2.78. The molecule has 2 aromatic rings. The predicted molar refractivity (Wildman–Crippen MR) is 49.9 cm³/mol. The highest BCUT2D eigenvalue weighted by Crippen LogP contribution is 2.23. The molecule has 1 aromatic heterocycles. The summed E-state index contributed by atoms with van der Waals surface area (Å²) in [5.74, 6) is 0. The SMILES string of the molecule is COc1nc2c(CC#N)cccc2o1. The van der Waals surface area contributed by atoms with E-state index in [1.807, 2.05) is 12.1 Å². The number of ether oxygens (including phenoxy) is 1. The second-order valence-corrected chi connectivity index (χ2v) is 2.78. The molecule has 0 aliphatic rings. The van der Waals surface area contributed by atoms with Crippen LogP contribution < -0.4 is 4.74 Å². The molecule has 2 rings (SSSR count). The smallest absolute Gasteiger partial charge is 0.394 e. The van der Waals surface area contributed by atoms with Crippen molar-refractivity contribution in [1.82, 2.24) is 4.98 Å². The van der Waals surface area contributed by atoms with Crippen LogP contribution in [0, 0.1) is 11.3 Å². The Bertz CT molecular complexity index is 496. The third-order valence-electron chi connectivity index (χ3n) is 1.93. The first-order chi connectivity index (χ1) is 6.85. The molecule has 0 bridgehead atoms. The zero-order valence-electron chi connectivity index (χ0n) is 7.65. The predicted octanol–water partition coefficient (Wildman–Crippen LogP) is 1.90. The van der Waals surface area contributed by atoms with Crippen molar-refractivity contribution in [2.45, 2.75) is 6.42 Å². The summed E-state index contributed by atoms with van der Waals surface area (Å²) in [5, 5.41) is 8.60. The van der Waals surface area contributed by atoms with Crippen molar-refractivity contribution in [2.75, 3.05) is 7.11 Å². The van der Waals surface area contributed by atoms with Gasteiger partial charge in [0.05, 0.1) is 19.6 Å². The van der Waals surface area contributed by atoms with E-state index in [2.05, 4.69) is 11.1 Å². The van der Waals surface area contributed by atoms with E-state index in [0.717, 1.165) is 5.56 Å². The number of rotatable bonds is 2. The van der Waals surface area contributed by atoms with Gasteiger partial charge in [-0.25, -0.2) is 0 Å². The number of benzene rings is 1. The average molecular weight is 188 g/mol. The van der Waals surface area contributed by atoms with Gasteiger partial charge in [-0.15, -0.1) is 0 Å². The molecule has 0 amide bonds. The van der Waals surface area contributed by atoms with Crippen molar-refractivity contribution in [3.05, 3.63) is 23.8 Å². The fourth-order valence-corrected chi connectivity index (χ4v) is 1.30. The van der Waals surface area contributed by atoms with Crippen molar-refractivity contribution in [3.63, 3.8) is 0 Å². The van der Waals surface area contributed by atoms with Gasteiger partial charge in [0, 0.05) is 0 Å². The van der Waals surface area contributed by atoms with Crippen molar-refractivity contribution < 1.29 is 9.15 Å². The van der Waals surface area contributed by atoms with Gasteiger partial charge in [0.1, 0.15) is 5.52 Å². The molecule has 4 heteroatoms. The van der Waals surface area contributed by atoms with Gasteiger partial charge in [-0.3, -0.25) is 0 Å². The molecule has 0 unspecified atom stereocenters.